The average Bonchev–Trinajstić information content (AvgIpc) is 2.91. The summed E-state index contributed by atoms with van der Waals surface area (Å²) in [5, 5.41) is 0. The molecule has 0 aromatic carbocycles. The molecule has 2 bridgehead atoms. The molecule has 1 aromatic rings. The summed E-state index contributed by atoms with van der Waals surface area (Å²) >= 11 is 0. The highest BCUT2D eigenvalue weighted by Crippen LogP contribution is 2.46. The minimum absolute atomic E-state index is 0.204. The maximum Gasteiger partial charge on any atom is 0.218 e. The van der Waals surface area contributed by atoms with Gasteiger partial charge in [-0.25, -0.2) is 9.97 Å². The molecule has 5 heterocycles. The Balaban J connectivity index is 1.71. The highest BCUT2D eigenvalue weighted by molar-refractivity contribution is 5.51. The lowest BCUT2D eigenvalue weighted by molar-refractivity contribution is 0.0332. The van der Waals surface area contributed by atoms with Crippen LogP contribution in [0.5, 0.6) is 5.88 Å². The summed E-state index contributed by atoms with van der Waals surface area (Å²) in [6.07, 6.45) is 9.82. The van der Waals surface area contributed by atoms with E-state index in [-0.39, 0.29) is 5.54 Å². The molecule has 0 N–H and O–H groups in total. The molecule has 0 unspecified atom stereocenters. The molecule has 3 fully saturated rings. The number of methoxy groups -OCH3 is 1. The van der Waals surface area contributed by atoms with Gasteiger partial charge in [-0.1, -0.05) is 6.08 Å². The largest absolute Gasteiger partial charge is 0.481 e. The van der Waals surface area contributed by atoms with Crippen LogP contribution in [0.2, 0.25) is 0 Å². The number of piperidine rings is 3. The summed E-state index contributed by atoms with van der Waals surface area (Å²) in [4.78, 5) is 13.5. The van der Waals surface area contributed by atoms with Crippen molar-refractivity contribution >= 4 is 5.82 Å². The first-order valence-corrected chi connectivity index (χ1v) is 7.36. The quantitative estimate of drug-likeness (QED) is 0.819. The van der Waals surface area contributed by atoms with Gasteiger partial charge in [-0.2, -0.15) is 0 Å². The van der Waals surface area contributed by atoms with Gasteiger partial charge < -0.3 is 14.5 Å². The Bertz CT molecular complexity index is 538. The third-order valence-electron chi connectivity index (χ3n) is 5.13. The molecule has 5 rings (SSSR count). The Hall–Kier alpha value is -1.62. The molecule has 1 aromatic heterocycles. The average molecular weight is 272 g/mol. The van der Waals surface area contributed by atoms with E-state index >= 15 is 0 Å². The Morgan fingerprint density at radius 3 is 2.85 bits per heavy atom. The SMILES string of the molecule is COc1cc(N2C=CC[C@@]23CN2CCC3CC2)ncn1. The van der Waals surface area contributed by atoms with Gasteiger partial charge in [0.05, 0.1) is 12.6 Å². The molecule has 5 nitrogen and oxygen atoms in total. The fourth-order valence-corrected chi connectivity index (χ4v) is 4.14. The lowest BCUT2D eigenvalue weighted by Gasteiger charge is -2.55. The predicted octanol–water partition coefficient (Wildman–Crippen LogP) is 1.67. The van der Waals surface area contributed by atoms with Crippen LogP contribution in [0.15, 0.2) is 24.7 Å². The number of aromatic nitrogens is 2. The van der Waals surface area contributed by atoms with E-state index in [1.165, 1.54) is 25.9 Å². The standard InChI is InChI=1S/C15H20N4O/c1-20-14-9-13(16-11-17-14)19-6-2-5-15(19)10-18-7-3-12(15)4-8-18/h2,6,9,11-12H,3-5,7-8,10H2,1H3/t15-/m0/s1. The van der Waals surface area contributed by atoms with E-state index in [4.69, 9.17) is 4.74 Å². The van der Waals surface area contributed by atoms with E-state index in [1.807, 2.05) is 6.07 Å². The van der Waals surface area contributed by atoms with E-state index in [9.17, 15) is 0 Å². The first-order valence-electron chi connectivity index (χ1n) is 7.36. The third-order valence-corrected chi connectivity index (χ3v) is 5.13. The van der Waals surface area contributed by atoms with E-state index in [1.54, 1.807) is 13.4 Å². The molecule has 1 spiro atoms. The summed E-state index contributed by atoms with van der Waals surface area (Å²) in [5.41, 5.74) is 0.204. The predicted molar refractivity (Wildman–Crippen MR) is 76.7 cm³/mol. The molecule has 20 heavy (non-hydrogen) atoms. The molecule has 0 radical (unpaired) electrons. The van der Waals surface area contributed by atoms with Gasteiger partial charge in [0.2, 0.25) is 5.88 Å². The van der Waals surface area contributed by atoms with Crippen molar-refractivity contribution in [3.8, 4) is 5.88 Å². The van der Waals surface area contributed by atoms with Crippen molar-refractivity contribution in [2.45, 2.75) is 24.8 Å². The summed E-state index contributed by atoms with van der Waals surface area (Å²) in [6, 6.07) is 1.94. The lowest BCUT2D eigenvalue weighted by atomic mass is 9.71. The fraction of sp³-hybridized carbons (Fsp3) is 0.600. The van der Waals surface area contributed by atoms with Gasteiger partial charge in [0.15, 0.2) is 0 Å². The molecule has 0 saturated carbocycles. The second kappa shape index (κ2) is 4.45. The topological polar surface area (TPSA) is 41.5 Å². The number of fused-ring (bicyclic) bond motifs is 2. The minimum atomic E-state index is 0.204. The number of hydrogen-bond acceptors (Lipinski definition) is 5. The van der Waals surface area contributed by atoms with Crippen LogP contribution >= 0.6 is 0 Å². The van der Waals surface area contributed by atoms with Crippen LogP contribution in [0.4, 0.5) is 5.82 Å². The molecule has 0 amide bonds. The smallest absolute Gasteiger partial charge is 0.218 e. The van der Waals surface area contributed by atoms with Crippen molar-refractivity contribution in [1.29, 1.82) is 0 Å². The van der Waals surface area contributed by atoms with Gasteiger partial charge in [0, 0.05) is 18.8 Å². The fourth-order valence-electron chi connectivity index (χ4n) is 4.14. The molecule has 3 saturated heterocycles. The van der Waals surface area contributed by atoms with Crippen molar-refractivity contribution < 1.29 is 4.74 Å². The number of anilines is 1. The maximum atomic E-state index is 5.24. The van der Waals surface area contributed by atoms with Crippen LogP contribution in [0.1, 0.15) is 19.3 Å². The number of nitrogens with zero attached hydrogens (tertiary/aromatic N) is 4. The van der Waals surface area contributed by atoms with Crippen LogP contribution < -0.4 is 9.64 Å². The molecule has 4 aliphatic heterocycles. The number of ether oxygens (including phenoxy) is 1. The maximum absolute atomic E-state index is 5.24. The zero-order chi connectivity index (χ0) is 13.6. The number of rotatable bonds is 2. The van der Waals surface area contributed by atoms with Crippen molar-refractivity contribution in [3.63, 3.8) is 0 Å². The molecule has 4 aliphatic rings. The van der Waals surface area contributed by atoms with E-state index in [0.717, 1.165) is 24.7 Å². The Morgan fingerprint density at radius 1 is 1.30 bits per heavy atom. The van der Waals surface area contributed by atoms with Crippen molar-refractivity contribution in [3.05, 3.63) is 24.7 Å². The third kappa shape index (κ3) is 1.66. The van der Waals surface area contributed by atoms with Crippen molar-refractivity contribution in [2.75, 3.05) is 31.6 Å². The molecule has 1 atom stereocenters. The molecule has 0 aliphatic carbocycles. The van der Waals surface area contributed by atoms with Crippen LogP contribution in [-0.2, 0) is 0 Å². The summed E-state index contributed by atoms with van der Waals surface area (Å²) in [7, 11) is 1.65. The Labute approximate surface area is 119 Å². The van der Waals surface area contributed by atoms with Crippen LogP contribution in [-0.4, -0.2) is 47.2 Å². The van der Waals surface area contributed by atoms with Gasteiger partial charge in [-0.3, -0.25) is 0 Å². The Morgan fingerprint density at radius 2 is 2.15 bits per heavy atom. The monoisotopic (exact) mass is 272 g/mol. The summed E-state index contributed by atoms with van der Waals surface area (Å²) in [5.74, 6) is 2.36. The van der Waals surface area contributed by atoms with Gasteiger partial charge in [-0.05, 0) is 38.3 Å². The van der Waals surface area contributed by atoms with Gasteiger partial charge >= 0.3 is 0 Å². The van der Waals surface area contributed by atoms with Crippen LogP contribution in [0, 0.1) is 5.92 Å². The summed E-state index contributed by atoms with van der Waals surface area (Å²) < 4.78 is 5.24. The van der Waals surface area contributed by atoms with Crippen molar-refractivity contribution in [1.82, 2.24) is 14.9 Å². The normalized spacial score (nSPS) is 35.0. The highest BCUT2D eigenvalue weighted by Gasteiger charge is 2.51. The van der Waals surface area contributed by atoms with Gasteiger partial charge in [-0.15, -0.1) is 0 Å². The minimum Gasteiger partial charge on any atom is -0.481 e. The van der Waals surface area contributed by atoms with E-state index in [2.05, 4.69) is 32.0 Å². The van der Waals surface area contributed by atoms with Crippen molar-refractivity contribution in [2.24, 2.45) is 5.92 Å². The first kappa shape index (κ1) is 12.1. The summed E-state index contributed by atoms with van der Waals surface area (Å²) in [6.45, 7) is 3.66. The lowest BCUT2D eigenvalue weighted by Crippen LogP contribution is -2.64. The Kier molecular flexibility index (Phi) is 2.70. The van der Waals surface area contributed by atoms with Gasteiger partial charge in [0.25, 0.3) is 0 Å². The van der Waals surface area contributed by atoms with Crippen LogP contribution in [0.3, 0.4) is 0 Å². The molecule has 106 valence electrons. The number of hydrogen-bond donors (Lipinski definition) is 0. The van der Waals surface area contributed by atoms with Crippen LogP contribution in [0.25, 0.3) is 0 Å². The second-order valence-corrected chi connectivity index (χ2v) is 6.03. The molecular weight excluding hydrogens is 252 g/mol. The first-order chi connectivity index (χ1) is 9.82. The van der Waals surface area contributed by atoms with E-state index in [0.29, 0.717) is 5.88 Å². The zero-order valence-electron chi connectivity index (χ0n) is 11.8. The highest BCUT2D eigenvalue weighted by atomic mass is 16.5. The van der Waals surface area contributed by atoms with E-state index < -0.39 is 0 Å². The second-order valence-electron chi connectivity index (χ2n) is 6.03. The molecular formula is C15H20N4O. The zero-order valence-corrected chi connectivity index (χ0v) is 11.8. The van der Waals surface area contributed by atoms with Gasteiger partial charge in [0.1, 0.15) is 12.1 Å². The molecule has 5 heteroatoms.